The number of aromatic hydroxyl groups is 1. The molecule has 3 rings (SSSR count). The molecule has 3 N–H and O–H groups in total. The highest BCUT2D eigenvalue weighted by Crippen LogP contribution is 2.27. The molecular formula is C21H19NO5S. The zero-order chi connectivity index (χ0) is 20.3. The summed E-state index contributed by atoms with van der Waals surface area (Å²) in [4.78, 5) is 11.7. The Morgan fingerprint density at radius 2 is 1.68 bits per heavy atom. The maximum Gasteiger partial charge on any atom is 0.341 e. The first kappa shape index (κ1) is 19.4. The average molecular weight is 397 g/mol. The molecule has 144 valence electrons. The second kappa shape index (κ2) is 7.74. The number of hydrogen-bond donors (Lipinski definition) is 2. The smallest absolute Gasteiger partial charge is 0.341 e. The van der Waals surface area contributed by atoms with Crippen molar-refractivity contribution in [1.29, 1.82) is 0 Å². The first-order chi connectivity index (χ1) is 13.3. The third-order valence-electron chi connectivity index (χ3n) is 4.24. The Labute approximate surface area is 163 Å². The van der Waals surface area contributed by atoms with Gasteiger partial charge < -0.3 is 15.6 Å². The SMILES string of the molecule is COC(=O)c1ccc(CS(=O)(=O)c2cccc(-c3cccc(N)c3)c2)cc1O. The van der Waals surface area contributed by atoms with Crippen LogP contribution in [0, 0.1) is 0 Å². The number of hydrogen-bond acceptors (Lipinski definition) is 6. The Morgan fingerprint density at radius 3 is 2.32 bits per heavy atom. The minimum atomic E-state index is -3.67. The third kappa shape index (κ3) is 4.15. The van der Waals surface area contributed by atoms with Crippen LogP contribution < -0.4 is 5.73 Å². The van der Waals surface area contributed by atoms with Crippen LogP contribution in [0.3, 0.4) is 0 Å². The highest BCUT2D eigenvalue weighted by atomic mass is 32.2. The number of rotatable bonds is 5. The number of phenolic OH excluding ortho intramolecular Hbond substituents is 1. The predicted molar refractivity (Wildman–Crippen MR) is 107 cm³/mol. The second-order valence-electron chi connectivity index (χ2n) is 6.26. The van der Waals surface area contributed by atoms with Crippen LogP contribution in [0.5, 0.6) is 5.75 Å². The summed E-state index contributed by atoms with van der Waals surface area (Å²) in [6, 6.07) is 17.9. The summed E-state index contributed by atoms with van der Waals surface area (Å²) in [5.74, 6) is -1.34. The fourth-order valence-corrected chi connectivity index (χ4v) is 4.22. The molecule has 0 radical (unpaired) electrons. The van der Waals surface area contributed by atoms with Crippen molar-refractivity contribution in [2.45, 2.75) is 10.6 Å². The lowest BCUT2D eigenvalue weighted by molar-refractivity contribution is 0.0597. The van der Waals surface area contributed by atoms with Crippen LogP contribution in [0.1, 0.15) is 15.9 Å². The van der Waals surface area contributed by atoms with Gasteiger partial charge in [-0.25, -0.2) is 13.2 Å². The molecule has 0 aliphatic heterocycles. The number of esters is 1. The number of carbonyl (C=O) groups excluding carboxylic acids is 1. The van der Waals surface area contributed by atoms with Crippen molar-refractivity contribution in [1.82, 2.24) is 0 Å². The summed E-state index contributed by atoms with van der Waals surface area (Å²) in [6.07, 6.45) is 0. The topological polar surface area (TPSA) is 107 Å². The van der Waals surface area contributed by atoms with Gasteiger partial charge in [0.2, 0.25) is 0 Å². The van der Waals surface area contributed by atoms with Crippen molar-refractivity contribution >= 4 is 21.5 Å². The van der Waals surface area contributed by atoms with E-state index in [9.17, 15) is 18.3 Å². The first-order valence-electron chi connectivity index (χ1n) is 8.39. The molecule has 6 nitrogen and oxygen atoms in total. The number of nitrogen functional groups attached to an aromatic ring is 1. The Bertz CT molecular complexity index is 1140. The maximum absolute atomic E-state index is 12.8. The fraction of sp³-hybridized carbons (Fsp3) is 0.0952. The molecular weight excluding hydrogens is 378 g/mol. The molecule has 7 heteroatoms. The van der Waals surface area contributed by atoms with Crippen LogP contribution in [0.4, 0.5) is 5.69 Å². The molecule has 28 heavy (non-hydrogen) atoms. The van der Waals surface area contributed by atoms with Gasteiger partial charge in [-0.1, -0.05) is 30.3 Å². The number of benzene rings is 3. The van der Waals surface area contributed by atoms with Crippen LogP contribution in [0.15, 0.2) is 71.6 Å². The van der Waals surface area contributed by atoms with Crippen LogP contribution in [0.2, 0.25) is 0 Å². The van der Waals surface area contributed by atoms with E-state index in [0.29, 0.717) is 11.3 Å². The van der Waals surface area contributed by atoms with Gasteiger partial charge in [0.1, 0.15) is 11.3 Å². The molecule has 0 aromatic heterocycles. The lowest BCUT2D eigenvalue weighted by Gasteiger charge is -2.09. The highest BCUT2D eigenvalue weighted by molar-refractivity contribution is 7.90. The van der Waals surface area contributed by atoms with Gasteiger partial charge in [-0.15, -0.1) is 0 Å². The van der Waals surface area contributed by atoms with Crippen molar-refractivity contribution in [3.8, 4) is 16.9 Å². The molecule has 0 heterocycles. The summed E-state index contributed by atoms with van der Waals surface area (Å²) < 4.78 is 30.2. The Kier molecular flexibility index (Phi) is 5.37. The van der Waals surface area contributed by atoms with Gasteiger partial charge in [0.25, 0.3) is 0 Å². The summed E-state index contributed by atoms with van der Waals surface area (Å²) in [5.41, 5.74) is 8.28. The molecule has 0 saturated heterocycles. The number of phenols is 1. The second-order valence-corrected chi connectivity index (χ2v) is 8.25. The summed E-state index contributed by atoms with van der Waals surface area (Å²) in [6.45, 7) is 0. The lowest BCUT2D eigenvalue weighted by Crippen LogP contribution is -2.06. The van der Waals surface area contributed by atoms with Crippen molar-refractivity contribution in [2.24, 2.45) is 0 Å². The van der Waals surface area contributed by atoms with Gasteiger partial charge in [-0.3, -0.25) is 0 Å². The minimum absolute atomic E-state index is 0.0210. The molecule has 0 atom stereocenters. The molecule has 0 saturated carbocycles. The van der Waals surface area contributed by atoms with Crippen LogP contribution in [-0.2, 0) is 20.3 Å². The van der Waals surface area contributed by atoms with E-state index in [-0.39, 0.29) is 22.0 Å². The third-order valence-corrected chi connectivity index (χ3v) is 5.92. The zero-order valence-electron chi connectivity index (χ0n) is 15.1. The lowest BCUT2D eigenvalue weighted by atomic mass is 10.1. The van der Waals surface area contributed by atoms with Crippen molar-refractivity contribution in [3.05, 3.63) is 77.9 Å². The average Bonchev–Trinajstić information content (AvgIpc) is 2.67. The van der Waals surface area contributed by atoms with Gasteiger partial charge in [-0.05, 0) is 53.1 Å². The van der Waals surface area contributed by atoms with E-state index in [1.54, 1.807) is 30.3 Å². The number of nitrogens with two attached hydrogens (primary N) is 1. The van der Waals surface area contributed by atoms with E-state index < -0.39 is 15.8 Å². The molecule has 0 spiro atoms. The monoisotopic (exact) mass is 397 g/mol. The quantitative estimate of drug-likeness (QED) is 0.505. The largest absolute Gasteiger partial charge is 0.507 e. The molecule has 3 aromatic rings. The molecule has 0 bridgehead atoms. The van der Waals surface area contributed by atoms with Gasteiger partial charge in [0.15, 0.2) is 9.84 Å². The van der Waals surface area contributed by atoms with Gasteiger partial charge >= 0.3 is 5.97 Å². The van der Waals surface area contributed by atoms with E-state index in [1.807, 2.05) is 12.1 Å². The zero-order valence-corrected chi connectivity index (χ0v) is 15.9. The van der Waals surface area contributed by atoms with Crippen LogP contribution in [-0.4, -0.2) is 26.6 Å². The maximum atomic E-state index is 12.8. The summed E-state index contributed by atoms with van der Waals surface area (Å²) in [5, 5.41) is 9.97. The highest BCUT2D eigenvalue weighted by Gasteiger charge is 2.18. The molecule has 0 unspecified atom stereocenters. The van der Waals surface area contributed by atoms with E-state index in [0.717, 1.165) is 11.1 Å². The molecule has 0 fully saturated rings. The summed E-state index contributed by atoms with van der Waals surface area (Å²) >= 11 is 0. The Hall–Kier alpha value is -3.32. The van der Waals surface area contributed by atoms with Gasteiger partial charge in [-0.2, -0.15) is 0 Å². The van der Waals surface area contributed by atoms with E-state index >= 15 is 0 Å². The number of carbonyl (C=O) groups is 1. The number of sulfone groups is 1. The van der Waals surface area contributed by atoms with E-state index in [1.165, 1.54) is 31.4 Å². The first-order valence-corrected chi connectivity index (χ1v) is 10.0. The van der Waals surface area contributed by atoms with E-state index in [4.69, 9.17) is 5.73 Å². The standard InChI is InChI=1S/C21H19NO5S/c1-27-21(24)19-9-8-14(10-20(19)23)13-28(25,26)18-7-3-5-16(12-18)15-4-2-6-17(22)11-15/h2-12,23H,13,22H2,1H3. The minimum Gasteiger partial charge on any atom is -0.507 e. The Morgan fingerprint density at radius 1 is 1.00 bits per heavy atom. The fourth-order valence-electron chi connectivity index (χ4n) is 2.84. The molecule has 0 aliphatic carbocycles. The normalized spacial score (nSPS) is 11.2. The van der Waals surface area contributed by atoms with Crippen LogP contribution >= 0.6 is 0 Å². The van der Waals surface area contributed by atoms with Crippen LogP contribution in [0.25, 0.3) is 11.1 Å². The van der Waals surface area contributed by atoms with Crippen molar-refractivity contribution in [3.63, 3.8) is 0 Å². The van der Waals surface area contributed by atoms with Gasteiger partial charge in [0, 0.05) is 5.69 Å². The molecule has 0 amide bonds. The summed E-state index contributed by atoms with van der Waals surface area (Å²) in [7, 11) is -2.47. The van der Waals surface area contributed by atoms with Crippen molar-refractivity contribution in [2.75, 3.05) is 12.8 Å². The Balaban J connectivity index is 1.90. The number of anilines is 1. The van der Waals surface area contributed by atoms with E-state index in [2.05, 4.69) is 4.74 Å². The molecule has 3 aromatic carbocycles. The molecule has 0 aliphatic rings. The predicted octanol–water partition coefficient (Wildman–Crippen LogP) is 3.40. The number of methoxy groups -OCH3 is 1. The van der Waals surface area contributed by atoms with Gasteiger partial charge in [0.05, 0.1) is 17.8 Å². The number of ether oxygens (including phenoxy) is 1. The van der Waals surface area contributed by atoms with Crippen molar-refractivity contribution < 1.29 is 23.1 Å².